The van der Waals surface area contributed by atoms with Crippen LogP contribution in [0.15, 0.2) is 11.0 Å². The maximum Gasteiger partial charge on any atom is 0.452 e. The Hall–Kier alpha value is -2.91. The second-order valence-corrected chi connectivity index (χ2v) is 5.56. The van der Waals surface area contributed by atoms with E-state index in [1.807, 2.05) is 0 Å². The van der Waals surface area contributed by atoms with Crippen LogP contribution in [0.1, 0.15) is 12.6 Å². The highest BCUT2D eigenvalue weighted by atomic mass is 19.4. The molecule has 0 spiro atoms. The number of rotatable bonds is 3. The van der Waals surface area contributed by atoms with Crippen LogP contribution < -0.4 is 11.4 Å². The summed E-state index contributed by atoms with van der Waals surface area (Å²) in [5.74, 6) is -0.103. The van der Waals surface area contributed by atoms with E-state index in [1.165, 1.54) is 6.20 Å². The highest BCUT2D eigenvalue weighted by molar-refractivity contribution is 5.88. The van der Waals surface area contributed by atoms with Crippen molar-refractivity contribution in [3.63, 3.8) is 0 Å². The fourth-order valence-electron chi connectivity index (χ4n) is 2.78. The van der Waals surface area contributed by atoms with E-state index in [0.717, 1.165) is 9.13 Å². The molecule has 3 heterocycles. The summed E-state index contributed by atoms with van der Waals surface area (Å²) in [5, 5.41) is 10.1. The SMILES string of the molecule is C#CCn1c(=O)n([C@@H]2O[C@H](C(=O)C(F)(F)F)C[C@H]2O)c2nc(N)ncc21. The third kappa shape index (κ3) is 2.80. The Bertz CT molecular complexity index is 974. The van der Waals surface area contributed by atoms with Crippen LogP contribution in [0.3, 0.4) is 0 Å². The lowest BCUT2D eigenvalue weighted by atomic mass is 10.1. The van der Waals surface area contributed by atoms with Gasteiger partial charge < -0.3 is 15.6 Å². The molecule has 0 saturated carbocycles. The Morgan fingerprint density at radius 3 is 2.85 bits per heavy atom. The van der Waals surface area contributed by atoms with Crippen molar-refractivity contribution < 1.29 is 27.8 Å². The Kier molecular flexibility index (Phi) is 4.21. The number of aliphatic hydroxyl groups is 1. The maximum absolute atomic E-state index is 12.6. The van der Waals surface area contributed by atoms with Crippen LogP contribution in [0, 0.1) is 12.3 Å². The zero-order valence-electron chi connectivity index (χ0n) is 13.0. The predicted molar refractivity (Wildman–Crippen MR) is 80.6 cm³/mol. The number of carbonyl (C=O) groups excluding carboxylic acids is 1. The number of terminal acetylenes is 1. The number of hydrogen-bond acceptors (Lipinski definition) is 7. The van der Waals surface area contributed by atoms with Crippen molar-refractivity contribution in [2.75, 3.05) is 5.73 Å². The predicted octanol–water partition coefficient (Wildman–Crippen LogP) is -0.412. The molecule has 138 valence electrons. The topological polar surface area (TPSA) is 125 Å². The average Bonchev–Trinajstić information content (AvgIpc) is 3.04. The summed E-state index contributed by atoms with van der Waals surface area (Å²) in [7, 11) is 0. The van der Waals surface area contributed by atoms with Crippen molar-refractivity contribution in [2.45, 2.75) is 37.6 Å². The molecule has 1 saturated heterocycles. The summed E-state index contributed by atoms with van der Waals surface area (Å²) < 4.78 is 44.7. The molecule has 3 N–H and O–H groups in total. The number of anilines is 1. The Morgan fingerprint density at radius 2 is 2.23 bits per heavy atom. The molecule has 1 fully saturated rings. The first-order valence-electron chi connectivity index (χ1n) is 7.26. The number of hydrogen-bond donors (Lipinski definition) is 2. The monoisotopic (exact) mass is 371 g/mol. The number of carbonyl (C=O) groups is 1. The van der Waals surface area contributed by atoms with E-state index >= 15 is 0 Å². The van der Waals surface area contributed by atoms with Gasteiger partial charge in [0.1, 0.15) is 17.7 Å². The first-order valence-corrected chi connectivity index (χ1v) is 7.26. The molecule has 2 aromatic rings. The number of halogens is 3. The van der Waals surface area contributed by atoms with Gasteiger partial charge in [-0.15, -0.1) is 6.42 Å². The minimum atomic E-state index is -5.13. The van der Waals surface area contributed by atoms with Crippen LogP contribution in [-0.4, -0.2) is 48.4 Å². The lowest BCUT2D eigenvalue weighted by molar-refractivity contribution is -0.183. The van der Waals surface area contributed by atoms with Gasteiger partial charge in [0, 0.05) is 6.42 Å². The zero-order valence-corrected chi connectivity index (χ0v) is 13.0. The van der Waals surface area contributed by atoms with Crippen LogP contribution in [0.4, 0.5) is 19.1 Å². The highest BCUT2D eigenvalue weighted by Gasteiger charge is 2.50. The van der Waals surface area contributed by atoms with Gasteiger partial charge in [-0.3, -0.25) is 9.36 Å². The molecule has 26 heavy (non-hydrogen) atoms. The molecule has 12 heteroatoms. The fourth-order valence-corrected chi connectivity index (χ4v) is 2.78. The van der Waals surface area contributed by atoms with Gasteiger partial charge in [-0.05, 0) is 0 Å². The zero-order chi connectivity index (χ0) is 19.2. The molecular weight excluding hydrogens is 359 g/mol. The standard InChI is InChI=1S/C14H12F3N5O4/c1-2-3-21-6-5-19-12(18)20-10(6)22(13(21)25)11-7(23)4-8(26-11)9(24)14(15,16)17/h1,5,7-8,11,23H,3-4H2,(H2,18,19,20)/t7-,8+,11-/m1/s1. The summed E-state index contributed by atoms with van der Waals surface area (Å²) >= 11 is 0. The number of aromatic nitrogens is 4. The van der Waals surface area contributed by atoms with Crippen LogP contribution in [0.25, 0.3) is 11.2 Å². The van der Waals surface area contributed by atoms with E-state index in [1.54, 1.807) is 0 Å². The van der Waals surface area contributed by atoms with Crippen molar-refractivity contribution in [1.29, 1.82) is 0 Å². The molecule has 3 rings (SSSR count). The molecule has 0 radical (unpaired) electrons. The lowest BCUT2D eigenvalue weighted by Crippen LogP contribution is -2.35. The average molecular weight is 371 g/mol. The van der Waals surface area contributed by atoms with E-state index in [4.69, 9.17) is 16.9 Å². The number of nitrogens with zero attached hydrogens (tertiary/aromatic N) is 4. The van der Waals surface area contributed by atoms with Crippen molar-refractivity contribution in [3.8, 4) is 12.3 Å². The van der Waals surface area contributed by atoms with Gasteiger partial charge in [0.25, 0.3) is 5.78 Å². The van der Waals surface area contributed by atoms with Crippen LogP contribution >= 0.6 is 0 Å². The third-order valence-corrected chi connectivity index (χ3v) is 3.89. The van der Waals surface area contributed by atoms with E-state index in [9.17, 15) is 27.9 Å². The number of ether oxygens (including phenoxy) is 1. The summed E-state index contributed by atoms with van der Waals surface area (Å²) in [6, 6.07) is 0. The minimum Gasteiger partial charge on any atom is -0.388 e. The van der Waals surface area contributed by atoms with Crippen molar-refractivity contribution in [3.05, 3.63) is 16.7 Å². The van der Waals surface area contributed by atoms with Gasteiger partial charge in [-0.1, -0.05) is 5.92 Å². The number of aliphatic hydroxyl groups excluding tert-OH is 1. The number of ketones is 1. The van der Waals surface area contributed by atoms with Crippen molar-refractivity contribution >= 4 is 22.9 Å². The number of Topliss-reactive ketones (excluding diaryl/α,β-unsaturated/α-hetero) is 1. The van der Waals surface area contributed by atoms with E-state index in [0.29, 0.717) is 0 Å². The normalized spacial score (nSPS) is 23.3. The molecule has 3 atom stereocenters. The van der Waals surface area contributed by atoms with E-state index in [2.05, 4.69) is 15.9 Å². The van der Waals surface area contributed by atoms with Crippen LogP contribution in [0.2, 0.25) is 0 Å². The molecule has 2 aromatic heterocycles. The van der Waals surface area contributed by atoms with Gasteiger partial charge >= 0.3 is 11.9 Å². The van der Waals surface area contributed by atoms with E-state index in [-0.39, 0.29) is 23.7 Å². The second kappa shape index (κ2) is 6.11. The number of nitrogen functional groups attached to an aromatic ring is 1. The molecular formula is C14H12F3N5O4. The molecule has 0 amide bonds. The molecule has 1 aliphatic heterocycles. The van der Waals surface area contributed by atoms with Crippen LogP contribution in [0.5, 0.6) is 0 Å². The Balaban J connectivity index is 2.10. The quantitative estimate of drug-likeness (QED) is 0.703. The first-order chi connectivity index (χ1) is 12.1. The molecule has 0 unspecified atom stereocenters. The van der Waals surface area contributed by atoms with Gasteiger partial charge in [0.2, 0.25) is 5.95 Å². The number of alkyl halides is 3. The van der Waals surface area contributed by atoms with Crippen LogP contribution in [-0.2, 0) is 16.1 Å². The van der Waals surface area contributed by atoms with Gasteiger partial charge in [0.15, 0.2) is 11.9 Å². The Labute approximate surface area is 143 Å². The number of nitrogens with two attached hydrogens (primary N) is 1. The molecule has 0 bridgehead atoms. The Morgan fingerprint density at radius 1 is 1.54 bits per heavy atom. The minimum absolute atomic E-state index is 0.0816. The molecule has 0 aliphatic carbocycles. The second-order valence-electron chi connectivity index (χ2n) is 5.56. The summed E-state index contributed by atoms with van der Waals surface area (Å²) in [6.07, 6.45) is -4.38. The smallest absolute Gasteiger partial charge is 0.388 e. The summed E-state index contributed by atoms with van der Waals surface area (Å²) in [6.45, 7) is -0.177. The van der Waals surface area contributed by atoms with Gasteiger partial charge in [0.05, 0.1) is 12.7 Å². The first kappa shape index (κ1) is 17.9. The van der Waals surface area contributed by atoms with Crippen molar-refractivity contribution in [2.24, 2.45) is 0 Å². The molecule has 0 aromatic carbocycles. The highest BCUT2D eigenvalue weighted by Crippen LogP contribution is 2.34. The van der Waals surface area contributed by atoms with Gasteiger partial charge in [-0.2, -0.15) is 18.2 Å². The fraction of sp³-hybridized carbons (Fsp3) is 0.429. The van der Waals surface area contributed by atoms with Crippen molar-refractivity contribution in [1.82, 2.24) is 19.1 Å². The molecule has 1 aliphatic rings. The maximum atomic E-state index is 12.6. The summed E-state index contributed by atoms with van der Waals surface area (Å²) in [5.41, 5.74) is 4.78. The summed E-state index contributed by atoms with van der Waals surface area (Å²) in [4.78, 5) is 31.6. The molecule has 9 nitrogen and oxygen atoms in total. The largest absolute Gasteiger partial charge is 0.452 e. The number of imidazole rings is 1. The lowest BCUT2D eigenvalue weighted by Gasteiger charge is -2.16. The van der Waals surface area contributed by atoms with E-state index < -0.39 is 42.5 Å². The third-order valence-electron chi connectivity index (χ3n) is 3.89. The van der Waals surface area contributed by atoms with Gasteiger partial charge in [-0.25, -0.2) is 14.3 Å². The number of fused-ring (bicyclic) bond motifs is 1.